The van der Waals surface area contributed by atoms with E-state index in [4.69, 9.17) is 5.73 Å². The molecule has 0 radical (unpaired) electrons. The molecule has 0 saturated heterocycles. The summed E-state index contributed by atoms with van der Waals surface area (Å²) >= 11 is 3.59. The molecule has 0 heterocycles. The molecule has 0 saturated carbocycles. The van der Waals surface area contributed by atoms with E-state index in [2.05, 4.69) is 52.5 Å². The smallest absolute Gasteiger partial charge is 0.0380 e. The Morgan fingerprint density at radius 2 is 2.24 bits per heavy atom. The van der Waals surface area contributed by atoms with Crippen molar-refractivity contribution in [3.8, 4) is 0 Å². The summed E-state index contributed by atoms with van der Waals surface area (Å²) in [5.74, 6) is 0. The van der Waals surface area contributed by atoms with E-state index in [1.54, 1.807) is 0 Å². The minimum absolute atomic E-state index is 0.0532. The van der Waals surface area contributed by atoms with E-state index in [1.807, 2.05) is 13.0 Å². The van der Waals surface area contributed by atoms with Crippen LogP contribution in [0.3, 0.4) is 0 Å². The zero-order valence-electron chi connectivity index (χ0n) is 10.6. The molecular weight excluding hydrogens is 276 g/mol. The van der Waals surface area contributed by atoms with Crippen LogP contribution in [0, 0.1) is 0 Å². The molecule has 17 heavy (non-hydrogen) atoms. The molecule has 0 fully saturated rings. The first-order chi connectivity index (χ1) is 8.10. The molecular formula is C14H21BrN2. The van der Waals surface area contributed by atoms with Gasteiger partial charge in [-0.15, -0.1) is 6.58 Å². The van der Waals surface area contributed by atoms with Gasteiger partial charge in [-0.3, -0.25) is 0 Å². The highest BCUT2D eigenvalue weighted by molar-refractivity contribution is 9.10. The van der Waals surface area contributed by atoms with E-state index in [-0.39, 0.29) is 6.04 Å². The first kappa shape index (κ1) is 14.3. The molecule has 94 valence electrons. The summed E-state index contributed by atoms with van der Waals surface area (Å²) < 4.78 is 1.08. The van der Waals surface area contributed by atoms with Gasteiger partial charge in [0.1, 0.15) is 0 Å². The van der Waals surface area contributed by atoms with E-state index in [0.717, 1.165) is 29.5 Å². The van der Waals surface area contributed by atoms with Gasteiger partial charge < -0.3 is 10.6 Å². The molecule has 0 aromatic heterocycles. The summed E-state index contributed by atoms with van der Waals surface area (Å²) in [6.07, 6.45) is 3.06. The topological polar surface area (TPSA) is 29.3 Å². The Morgan fingerprint density at radius 3 is 2.71 bits per heavy atom. The number of halogens is 1. The summed E-state index contributed by atoms with van der Waals surface area (Å²) in [4.78, 5) is 2.31. The molecule has 0 aliphatic carbocycles. The monoisotopic (exact) mass is 296 g/mol. The van der Waals surface area contributed by atoms with Crippen molar-refractivity contribution in [3.05, 3.63) is 40.9 Å². The fourth-order valence-electron chi connectivity index (χ4n) is 1.83. The Morgan fingerprint density at radius 1 is 1.53 bits per heavy atom. The molecule has 0 unspecified atom stereocenters. The number of nitrogens with zero attached hydrogens (tertiary/aromatic N) is 1. The maximum Gasteiger partial charge on any atom is 0.0380 e. The van der Waals surface area contributed by atoms with Gasteiger partial charge in [0.25, 0.3) is 0 Å². The molecule has 0 aliphatic heterocycles. The van der Waals surface area contributed by atoms with Crippen molar-refractivity contribution in [1.82, 2.24) is 0 Å². The zero-order chi connectivity index (χ0) is 12.8. The van der Waals surface area contributed by atoms with Crippen molar-refractivity contribution < 1.29 is 0 Å². The number of hydrogen-bond acceptors (Lipinski definition) is 2. The summed E-state index contributed by atoms with van der Waals surface area (Å²) in [7, 11) is 0. The van der Waals surface area contributed by atoms with Crippen molar-refractivity contribution in [3.63, 3.8) is 0 Å². The predicted molar refractivity (Wildman–Crippen MR) is 79.4 cm³/mol. The van der Waals surface area contributed by atoms with E-state index in [9.17, 15) is 0 Å². The average molecular weight is 297 g/mol. The lowest BCUT2D eigenvalue weighted by Gasteiger charge is -2.23. The van der Waals surface area contributed by atoms with Crippen LogP contribution < -0.4 is 10.6 Å². The van der Waals surface area contributed by atoms with Crippen LogP contribution in [0.1, 0.15) is 31.9 Å². The fourth-order valence-corrected chi connectivity index (χ4v) is 2.56. The third-order valence-electron chi connectivity index (χ3n) is 2.68. The fraction of sp³-hybridized carbons (Fsp3) is 0.429. The molecule has 2 nitrogen and oxygen atoms in total. The number of benzene rings is 1. The van der Waals surface area contributed by atoms with E-state index in [1.165, 1.54) is 5.69 Å². The van der Waals surface area contributed by atoms with Crippen LogP contribution in [0.2, 0.25) is 0 Å². The van der Waals surface area contributed by atoms with E-state index in [0.29, 0.717) is 0 Å². The molecule has 1 aromatic rings. The molecule has 1 atom stereocenters. The molecule has 2 N–H and O–H groups in total. The van der Waals surface area contributed by atoms with Crippen molar-refractivity contribution in [2.45, 2.75) is 26.3 Å². The van der Waals surface area contributed by atoms with Gasteiger partial charge in [0, 0.05) is 29.3 Å². The zero-order valence-corrected chi connectivity index (χ0v) is 12.2. The standard InChI is InChI=1S/C14H21BrN2/c1-4-8-17(9-5-2)12-6-7-13(11(3)16)14(15)10-12/h4,6-7,10-11H,1,5,8-9,16H2,2-3H3/t11-/m0/s1. The first-order valence-electron chi connectivity index (χ1n) is 6.01. The Balaban J connectivity index is 2.97. The van der Waals surface area contributed by atoms with Gasteiger partial charge in [-0.25, -0.2) is 0 Å². The molecule has 0 amide bonds. The highest BCUT2D eigenvalue weighted by Gasteiger charge is 2.09. The van der Waals surface area contributed by atoms with Gasteiger partial charge in [0.05, 0.1) is 0 Å². The lowest BCUT2D eigenvalue weighted by atomic mass is 10.1. The summed E-state index contributed by atoms with van der Waals surface area (Å²) in [6, 6.07) is 6.41. The maximum absolute atomic E-state index is 5.90. The summed E-state index contributed by atoms with van der Waals surface area (Å²) in [5.41, 5.74) is 8.25. The minimum Gasteiger partial charge on any atom is -0.368 e. The Bertz CT molecular complexity index is 374. The van der Waals surface area contributed by atoms with Crippen LogP contribution in [0.5, 0.6) is 0 Å². The molecule has 1 aromatic carbocycles. The molecule has 0 aliphatic rings. The first-order valence-corrected chi connectivity index (χ1v) is 6.80. The van der Waals surface area contributed by atoms with Gasteiger partial charge in [-0.1, -0.05) is 35.0 Å². The van der Waals surface area contributed by atoms with Gasteiger partial charge >= 0.3 is 0 Å². The normalized spacial score (nSPS) is 12.2. The second-order valence-electron chi connectivity index (χ2n) is 4.23. The third-order valence-corrected chi connectivity index (χ3v) is 3.37. The lowest BCUT2D eigenvalue weighted by molar-refractivity contribution is 0.802. The Kier molecular flexibility index (Phi) is 5.72. The summed E-state index contributed by atoms with van der Waals surface area (Å²) in [6.45, 7) is 9.89. The number of hydrogen-bond donors (Lipinski definition) is 1. The van der Waals surface area contributed by atoms with E-state index >= 15 is 0 Å². The van der Waals surface area contributed by atoms with Crippen LogP contribution in [0.4, 0.5) is 5.69 Å². The molecule has 0 spiro atoms. The summed E-state index contributed by atoms with van der Waals surface area (Å²) in [5, 5.41) is 0. The number of rotatable bonds is 6. The second kappa shape index (κ2) is 6.82. The quantitative estimate of drug-likeness (QED) is 0.808. The number of nitrogens with two attached hydrogens (primary N) is 1. The highest BCUT2D eigenvalue weighted by atomic mass is 79.9. The highest BCUT2D eigenvalue weighted by Crippen LogP contribution is 2.27. The average Bonchev–Trinajstić information content (AvgIpc) is 2.28. The van der Waals surface area contributed by atoms with Crippen LogP contribution in [0.15, 0.2) is 35.3 Å². The van der Waals surface area contributed by atoms with Crippen molar-refractivity contribution in [2.24, 2.45) is 5.73 Å². The van der Waals surface area contributed by atoms with Crippen molar-refractivity contribution in [2.75, 3.05) is 18.0 Å². The molecule has 0 bridgehead atoms. The van der Waals surface area contributed by atoms with Crippen LogP contribution in [-0.2, 0) is 0 Å². The van der Waals surface area contributed by atoms with Gasteiger partial charge in [0.15, 0.2) is 0 Å². The van der Waals surface area contributed by atoms with Crippen molar-refractivity contribution >= 4 is 21.6 Å². The van der Waals surface area contributed by atoms with Crippen LogP contribution >= 0.6 is 15.9 Å². The Hall–Kier alpha value is -0.800. The Labute approximate surface area is 113 Å². The SMILES string of the molecule is C=CCN(CCC)c1ccc([C@H](C)N)c(Br)c1. The van der Waals surface area contributed by atoms with Crippen LogP contribution in [0.25, 0.3) is 0 Å². The van der Waals surface area contributed by atoms with Gasteiger partial charge in [0.2, 0.25) is 0 Å². The van der Waals surface area contributed by atoms with Crippen molar-refractivity contribution in [1.29, 1.82) is 0 Å². The largest absolute Gasteiger partial charge is 0.368 e. The number of anilines is 1. The second-order valence-corrected chi connectivity index (χ2v) is 5.08. The van der Waals surface area contributed by atoms with Gasteiger partial charge in [-0.2, -0.15) is 0 Å². The third kappa shape index (κ3) is 3.86. The predicted octanol–water partition coefficient (Wildman–Crippen LogP) is 3.87. The maximum atomic E-state index is 5.90. The van der Waals surface area contributed by atoms with Gasteiger partial charge in [-0.05, 0) is 31.0 Å². The lowest BCUT2D eigenvalue weighted by Crippen LogP contribution is -2.24. The minimum atomic E-state index is 0.0532. The van der Waals surface area contributed by atoms with Crippen LogP contribution in [-0.4, -0.2) is 13.1 Å². The molecule has 1 rings (SSSR count). The molecule has 3 heteroatoms. The van der Waals surface area contributed by atoms with E-state index < -0.39 is 0 Å².